The minimum atomic E-state index is -0.162. The Kier molecular flexibility index (Phi) is 2.81. The van der Waals surface area contributed by atoms with E-state index in [-0.39, 0.29) is 14.8 Å². The summed E-state index contributed by atoms with van der Waals surface area (Å²) in [4.78, 5) is 1.90. The SMILES string of the molecule is [CH2]=[Al][C]#N. The molecule has 0 N–H and O–H groups in total. The van der Waals surface area contributed by atoms with E-state index >= 15 is 0 Å². The number of hydrogen-bond acceptors (Lipinski definition) is 1. The average Bonchev–Trinajstić information content (AvgIpc) is 1.37. The molecule has 18 valence electrons. The van der Waals surface area contributed by atoms with E-state index in [1.807, 2.05) is 4.93 Å². The van der Waals surface area contributed by atoms with Gasteiger partial charge in [0.25, 0.3) is 0 Å². The first-order valence-corrected chi connectivity index (χ1v) is 2.31. The number of hydrogen-bond donors (Lipinski definition) is 0. The van der Waals surface area contributed by atoms with Gasteiger partial charge in [0.15, 0.2) is 0 Å². The van der Waals surface area contributed by atoms with E-state index < -0.39 is 0 Å². The molecular formula is C2H2AlN. The van der Waals surface area contributed by atoms with E-state index in [1.54, 1.807) is 0 Å². The van der Waals surface area contributed by atoms with Crippen LogP contribution < -0.4 is 0 Å². The Morgan fingerprint density at radius 3 is 2.25 bits per heavy atom. The fourth-order valence-electron chi connectivity index (χ4n) is 0. The molecule has 0 atom stereocenters. The topological polar surface area (TPSA) is 23.8 Å². The van der Waals surface area contributed by atoms with Crippen LogP contribution >= 0.6 is 0 Å². The first-order chi connectivity index (χ1) is 1.91. The van der Waals surface area contributed by atoms with Crippen LogP contribution in [-0.2, 0) is 0 Å². The minimum absolute atomic E-state index is 0.162. The van der Waals surface area contributed by atoms with Gasteiger partial charge in [-0.15, -0.1) is 0 Å². The molecule has 0 aliphatic rings. The van der Waals surface area contributed by atoms with Crippen molar-refractivity contribution in [3.05, 3.63) is 0 Å². The molecule has 0 aliphatic carbocycles. The van der Waals surface area contributed by atoms with Crippen LogP contribution in [0.4, 0.5) is 0 Å². The number of nitrogens with zero attached hydrogens (tertiary/aromatic N) is 1. The predicted octanol–water partition coefficient (Wildman–Crippen LogP) is -0.396. The van der Waals surface area contributed by atoms with Crippen molar-refractivity contribution in [1.82, 2.24) is 0 Å². The van der Waals surface area contributed by atoms with Gasteiger partial charge in [-0.1, -0.05) is 0 Å². The van der Waals surface area contributed by atoms with Crippen LogP contribution in [0.2, 0.25) is 0 Å². The van der Waals surface area contributed by atoms with Crippen molar-refractivity contribution >= 4 is 20.2 Å². The summed E-state index contributed by atoms with van der Waals surface area (Å²) in [6.07, 6.45) is 0. The second kappa shape index (κ2) is 2.89. The van der Waals surface area contributed by atoms with Crippen LogP contribution in [0.1, 0.15) is 0 Å². The van der Waals surface area contributed by atoms with Crippen molar-refractivity contribution in [3.8, 4) is 4.93 Å². The van der Waals surface area contributed by atoms with Crippen LogP contribution in [0.15, 0.2) is 0 Å². The van der Waals surface area contributed by atoms with Crippen molar-refractivity contribution < 1.29 is 0 Å². The molecule has 0 radical (unpaired) electrons. The molecule has 0 rings (SSSR count). The standard InChI is InChI=1S/CN.CH2.Al/c1-2;;/h;1H2;. The fourth-order valence-corrected chi connectivity index (χ4v) is 0. The van der Waals surface area contributed by atoms with E-state index in [2.05, 4.69) is 5.39 Å². The summed E-state index contributed by atoms with van der Waals surface area (Å²) in [5.41, 5.74) is 0. The van der Waals surface area contributed by atoms with Crippen LogP contribution in [0.5, 0.6) is 0 Å². The monoisotopic (exact) mass is 67.0 g/mol. The quantitative estimate of drug-likeness (QED) is 0.354. The molecule has 0 saturated heterocycles. The molecule has 1 nitrogen and oxygen atoms in total. The number of nitriles is 1. The third kappa shape index (κ3) is 1.89. The molecule has 0 aromatic carbocycles. The van der Waals surface area contributed by atoms with Gasteiger partial charge in [0.05, 0.1) is 0 Å². The zero-order valence-corrected chi connectivity index (χ0v) is 3.39. The van der Waals surface area contributed by atoms with Crippen LogP contribution in [0, 0.1) is 10.2 Å². The van der Waals surface area contributed by atoms with Gasteiger partial charge in [-0.2, -0.15) is 0 Å². The van der Waals surface area contributed by atoms with Crippen molar-refractivity contribution in [1.29, 1.82) is 5.26 Å². The van der Waals surface area contributed by atoms with Gasteiger partial charge in [0, 0.05) is 0 Å². The third-order valence-corrected chi connectivity index (χ3v) is 0.274. The van der Waals surface area contributed by atoms with Gasteiger partial charge in [-0.25, -0.2) is 0 Å². The molecule has 0 spiro atoms. The Morgan fingerprint density at radius 1 is 2.00 bits per heavy atom. The van der Waals surface area contributed by atoms with E-state index in [0.29, 0.717) is 0 Å². The summed E-state index contributed by atoms with van der Waals surface area (Å²) >= 11 is -0.162. The van der Waals surface area contributed by atoms with E-state index in [9.17, 15) is 0 Å². The summed E-state index contributed by atoms with van der Waals surface area (Å²) in [7, 11) is 0. The zero-order chi connectivity index (χ0) is 3.41. The molecule has 0 saturated carbocycles. The van der Waals surface area contributed by atoms with Gasteiger partial charge in [0.2, 0.25) is 0 Å². The molecule has 0 heterocycles. The van der Waals surface area contributed by atoms with Crippen molar-refractivity contribution in [3.63, 3.8) is 0 Å². The Balaban J connectivity index is 2.92. The molecule has 0 unspecified atom stereocenters. The fraction of sp³-hybridized carbons (Fsp3) is 0. The van der Waals surface area contributed by atoms with Gasteiger partial charge < -0.3 is 0 Å². The van der Waals surface area contributed by atoms with Crippen molar-refractivity contribution in [2.24, 2.45) is 0 Å². The van der Waals surface area contributed by atoms with Crippen molar-refractivity contribution in [2.45, 2.75) is 0 Å². The molecule has 0 aromatic rings. The normalized spacial score (nSPS) is 2.75. The predicted molar refractivity (Wildman–Crippen MR) is 18.5 cm³/mol. The molecule has 2 heteroatoms. The van der Waals surface area contributed by atoms with Crippen molar-refractivity contribution in [2.75, 3.05) is 0 Å². The second-order valence-electron chi connectivity index (χ2n) is 0.333. The van der Waals surface area contributed by atoms with E-state index in [4.69, 9.17) is 5.26 Å². The molecule has 0 aliphatic heterocycles. The third-order valence-electron chi connectivity index (χ3n) is 0.0913. The Morgan fingerprint density at radius 2 is 2.25 bits per heavy atom. The summed E-state index contributed by atoms with van der Waals surface area (Å²) in [5.74, 6) is 0. The summed E-state index contributed by atoms with van der Waals surface area (Å²) < 4.78 is 0. The van der Waals surface area contributed by atoms with E-state index in [1.165, 1.54) is 0 Å². The maximum atomic E-state index is 7.60. The summed E-state index contributed by atoms with van der Waals surface area (Å²) in [5, 5.41) is 10.9. The Bertz CT molecular complexity index is 51.5. The van der Waals surface area contributed by atoms with Crippen LogP contribution in [0.3, 0.4) is 0 Å². The van der Waals surface area contributed by atoms with E-state index in [0.717, 1.165) is 0 Å². The average molecular weight is 67.0 g/mol. The molecule has 0 bridgehead atoms. The second-order valence-corrected chi connectivity index (χ2v) is 1.000. The Labute approximate surface area is 31.1 Å². The first kappa shape index (κ1) is 3.89. The molecular weight excluding hydrogens is 65.0 g/mol. The maximum absolute atomic E-state index is 7.60. The number of rotatable bonds is 0. The van der Waals surface area contributed by atoms with Crippen LogP contribution in [-0.4, -0.2) is 20.2 Å². The summed E-state index contributed by atoms with van der Waals surface area (Å²) in [6.45, 7) is 0. The van der Waals surface area contributed by atoms with Gasteiger partial charge >= 0.3 is 30.4 Å². The molecule has 0 aromatic heterocycles. The van der Waals surface area contributed by atoms with Gasteiger partial charge in [0.1, 0.15) is 0 Å². The Hall–Kier alpha value is -0.108. The van der Waals surface area contributed by atoms with Gasteiger partial charge in [-0.05, 0) is 0 Å². The zero-order valence-electron chi connectivity index (χ0n) is 2.23. The van der Waals surface area contributed by atoms with Crippen LogP contribution in [0.25, 0.3) is 0 Å². The summed E-state index contributed by atoms with van der Waals surface area (Å²) in [6, 6.07) is 0. The molecule has 4 heavy (non-hydrogen) atoms. The molecule has 0 fully saturated rings. The molecule has 0 amide bonds. The first-order valence-electron chi connectivity index (χ1n) is 0.921. The van der Waals surface area contributed by atoms with Gasteiger partial charge in [-0.3, -0.25) is 0 Å².